The highest BCUT2D eigenvalue weighted by Gasteiger charge is 2.24. The number of rotatable bonds is 6. The van der Waals surface area contributed by atoms with E-state index in [1.165, 1.54) is 28.4 Å². The Bertz CT molecular complexity index is 1260. The van der Waals surface area contributed by atoms with Crippen LogP contribution in [0, 0.1) is 6.92 Å². The van der Waals surface area contributed by atoms with E-state index < -0.39 is 0 Å². The highest BCUT2D eigenvalue weighted by atomic mass is 35.5. The van der Waals surface area contributed by atoms with Crippen LogP contribution in [-0.2, 0) is 11.2 Å². The first kappa shape index (κ1) is 28.1. The van der Waals surface area contributed by atoms with Gasteiger partial charge in [0, 0.05) is 60.9 Å². The van der Waals surface area contributed by atoms with Crippen molar-refractivity contribution in [3.8, 4) is 0 Å². The van der Waals surface area contributed by atoms with Crippen LogP contribution in [0.4, 0.5) is 11.4 Å². The third-order valence-electron chi connectivity index (χ3n) is 6.80. The van der Waals surface area contributed by atoms with Crippen LogP contribution < -0.4 is 15.5 Å². The van der Waals surface area contributed by atoms with Crippen molar-refractivity contribution < 1.29 is 4.79 Å². The summed E-state index contributed by atoms with van der Waals surface area (Å²) in [5.74, 6) is 0.397. The van der Waals surface area contributed by atoms with Gasteiger partial charge in [0.15, 0.2) is 0 Å². The molecule has 36 heavy (non-hydrogen) atoms. The zero-order valence-corrected chi connectivity index (χ0v) is 23.1. The summed E-state index contributed by atoms with van der Waals surface area (Å²) in [6, 6.07) is 19.4. The molecule has 0 radical (unpaired) electrons. The minimum atomic E-state index is -0.338. The molecule has 0 atom stereocenters. The number of amides is 1. The molecule has 3 aromatic rings. The van der Waals surface area contributed by atoms with Gasteiger partial charge in [-0.25, -0.2) is 0 Å². The highest BCUT2D eigenvalue weighted by molar-refractivity contribution is 8.04. The van der Waals surface area contributed by atoms with Gasteiger partial charge in [0.05, 0.1) is 16.3 Å². The van der Waals surface area contributed by atoms with E-state index in [4.69, 9.17) is 10.7 Å². The summed E-state index contributed by atoms with van der Waals surface area (Å²) in [6.07, 6.45) is 1.01. The smallest absolute Gasteiger partial charge is 0.256 e. The topological polar surface area (TPSA) is 65.7 Å². The number of aryl methyl sites for hydroxylation is 1. The Balaban J connectivity index is 0.00000180. The minimum absolute atomic E-state index is 0. The van der Waals surface area contributed by atoms with Crippen LogP contribution in [0.2, 0.25) is 0 Å². The summed E-state index contributed by atoms with van der Waals surface area (Å²) >= 11 is 1.52. The number of fused-ring (bicyclic) bond motifs is 1. The molecule has 6 nitrogen and oxygen atoms in total. The number of carbonyl (C=O) groups excluding carboxylic acids is 1. The molecule has 0 bridgehead atoms. The second-order valence-corrected chi connectivity index (χ2v) is 9.98. The fraction of sp³-hybridized carbons (Fsp3) is 0.333. The Morgan fingerprint density at radius 1 is 1.00 bits per heavy atom. The van der Waals surface area contributed by atoms with Gasteiger partial charge < -0.3 is 15.5 Å². The number of pyridine rings is 1. The maximum absolute atomic E-state index is 11.6. The molecule has 1 amide bonds. The van der Waals surface area contributed by atoms with E-state index in [0.717, 1.165) is 67.6 Å². The number of hydrogen-bond acceptors (Lipinski definition) is 6. The highest BCUT2D eigenvalue weighted by Crippen LogP contribution is 2.35. The van der Waals surface area contributed by atoms with Gasteiger partial charge >= 0.3 is 0 Å². The number of thioether (sulfide) groups is 1. The molecule has 1 saturated heterocycles. The molecule has 5 rings (SSSR count). The van der Waals surface area contributed by atoms with E-state index in [-0.39, 0.29) is 30.7 Å². The molecule has 2 aromatic carbocycles. The zero-order valence-electron chi connectivity index (χ0n) is 20.6. The molecule has 2 aliphatic rings. The molecule has 192 valence electrons. The number of nitrogens with zero attached hydrogens (tertiary/aromatic N) is 4. The van der Waals surface area contributed by atoms with E-state index in [1.54, 1.807) is 0 Å². The number of benzene rings is 2. The number of allylic oxidation sites excluding steroid dienone is 1. The lowest BCUT2D eigenvalue weighted by molar-refractivity contribution is -0.113. The lowest BCUT2D eigenvalue weighted by Gasteiger charge is -2.36. The van der Waals surface area contributed by atoms with Crippen LogP contribution in [0.25, 0.3) is 10.9 Å². The van der Waals surface area contributed by atoms with E-state index >= 15 is 0 Å². The van der Waals surface area contributed by atoms with E-state index in [9.17, 15) is 4.79 Å². The van der Waals surface area contributed by atoms with Gasteiger partial charge in [-0.15, -0.1) is 24.8 Å². The summed E-state index contributed by atoms with van der Waals surface area (Å²) in [4.78, 5) is 24.2. The number of aromatic nitrogens is 1. The molecule has 0 unspecified atom stereocenters. The third kappa shape index (κ3) is 5.92. The fourth-order valence-electron chi connectivity index (χ4n) is 4.87. The average Bonchev–Trinajstić information content (AvgIpc) is 3.24. The Labute approximate surface area is 229 Å². The number of anilines is 2. The van der Waals surface area contributed by atoms with Gasteiger partial charge in [-0.3, -0.25) is 14.7 Å². The first-order chi connectivity index (χ1) is 16.5. The molecule has 3 heterocycles. The molecule has 0 spiro atoms. The lowest BCUT2D eigenvalue weighted by atomic mass is 10.1. The molecule has 0 saturated carbocycles. The number of halogens is 2. The molecule has 2 N–H and O–H groups in total. The lowest BCUT2D eigenvalue weighted by Crippen LogP contribution is -2.47. The molecule has 1 aromatic heterocycles. The van der Waals surface area contributed by atoms with Crippen LogP contribution >= 0.6 is 36.6 Å². The number of carbonyl (C=O) groups is 1. The van der Waals surface area contributed by atoms with Crippen molar-refractivity contribution in [3.63, 3.8) is 0 Å². The van der Waals surface area contributed by atoms with Gasteiger partial charge in [0.2, 0.25) is 0 Å². The van der Waals surface area contributed by atoms with Gasteiger partial charge in [-0.1, -0.05) is 30.0 Å². The van der Waals surface area contributed by atoms with Gasteiger partial charge in [-0.2, -0.15) is 0 Å². The van der Waals surface area contributed by atoms with Crippen molar-refractivity contribution >= 4 is 64.8 Å². The molecule has 2 aliphatic heterocycles. The Morgan fingerprint density at radius 2 is 1.75 bits per heavy atom. The minimum Gasteiger partial charge on any atom is -0.368 e. The molecular weight excluding hydrogens is 513 g/mol. The number of hydrogen-bond donors (Lipinski definition) is 1. The Hall–Kier alpha value is -2.45. The van der Waals surface area contributed by atoms with Crippen molar-refractivity contribution in [2.45, 2.75) is 20.3 Å². The Kier molecular flexibility index (Phi) is 9.53. The van der Waals surface area contributed by atoms with Crippen molar-refractivity contribution in [2.24, 2.45) is 5.73 Å². The van der Waals surface area contributed by atoms with E-state index in [0.29, 0.717) is 4.91 Å². The van der Waals surface area contributed by atoms with Crippen molar-refractivity contribution in [1.29, 1.82) is 0 Å². The largest absolute Gasteiger partial charge is 0.368 e. The van der Waals surface area contributed by atoms with Crippen molar-refractivity contribution in [1.82, 2.24) is 9.88 Å². The fourth-order valence-corrected chi connectivity index (χ4v) is 5.93. The quantitative estimate of drug-likeness (QED) is 0.471. The Morgan fingerprint density at radius 3 is 2.47 bits per heavy atom. The van der Waals surface area contributed by atoms with Gasteiger partial charge in [0.25, 0.3) is 5.91 Å². The summed E-state index contributed by atoms with van der Waals surface area (Å²) < 4.78 is 0. The standard InChI is InChI=1S/C27H31N5OS.2ClH/c1-19-9-10-23-24(29-19)7-4-8-25(23)31-15-13-30(14-16-31)12-11-21-5-3-6-22(17-21)32-18-34-26(20(32)2)27(28)33;;/h3-10,17H,11-16,18H2,1-2H3,(H2,28,33);2*1H. The predicted octanol–water partition coefficient (Wildman–Crippen LogP) is 4.98. The van der Waals surface area contributed by atoms with Crippen LogP contribution in [0.15, 0.2) is 65.2 Å². The molecule has 0 aliphatic carbocycles. The number of piperazine rings is 1. The zero-order chi connectivity index (χ0) is 23.7. The first-order valence-electron chi connectivity index (χ1n) is 11.8. The SMILES string of the molecule is CC1=C(C(N)=O)SCN1c1cccc(CCN2CCN(c3cccc4nc(C)ccc34)CC2)c1.Cl.Cl. The normalized spacial score (nSPS) is 16.2. The summed E-state index contributed by atoms with van der Waals surface area (Å²) in [5, 5.41) is 1.24. The monoisotopic (exact) mass is 545 g/mol. The molecular formula is C27H33Cl2N5OS. The van der Waals surface area contributed by atoms with Crippen LogP contribution in [0.1, 0.15) is 18.2 Å². The third-order valence-corrected chi connectivity index (χ3v) is 7.97. The number of nitrogens with two attached hydrogens (primary N) is 1. The van der Waals surface area contributed by atoms with Crippen molar-refractivity contribution in [2.75, 3.05) is 48.4 Å². The van der Waals surface area contributed by atoms with Gasteiger partial charge in [-0.05, 0) is 62.2 Å². The summed E-state index contributed by atoms with van der Waals surface area (Å²) in [5.41, 5.74) is 12.3. The number of primary amides is 1. The average molecular weight is 547 g/mol. The van der Waals surface area contributed by atoms with Gasteiger partial charge in [0.1, 0.15) is 0 Å². The molecule has 9 heteroatoms. The maximum atomic E-state index is 11.6. The van der Waals surface area contributed by atoms with Crippen LogP contribution in [0.3, 0.4) is 0 Å². The summed E-state index contributed by atoms with van der Waals surface area (Å²) in [6.45, 7) is 9.23. The summed E-state index contributed by atoms with van der Waals surface area (Å²) in [7, 11) is 0. The van der Waals surface area contributed by atoms with Crippen LogP contribution in [-0.4, -0.2) is 54.4 Å². The van der Waals surface area contributed by atoms with Crippen molar-refractivity contribution in [3.05, 3.63) is 76.5 Å². The van der Waals surface area contributed by atoms with E-state index in [2.05, 4.69) is 69.3 Å². The van der Waals surface area contributed by atoms with E-state index in [1.807, 2.05) is 13.8 Å². The first-order valence-corrected chi connectivity index (χ1v) is 12.8. The molecule has 1 fully saturated rings. The maximum Gasteiger partial charge on any atom is 0.256 e. The second kappa shape index (κ2) is 12.2. The predicted molar refractivity (Wildman–Crippen MR) is 157 cm³/mol. The second-order valence-electron chi connectivity index (χ2n) is 9.03. The van der Waals surface area contributed by atoms with Crippen LogP contribution in [0.5, 0.6) is 0 Å².